The van der Waals surface area contributed by atoms with E-state index in [0.717, 1.165) is 48.6 Å². The van der Waals surface area contributed by atoms with Crippen LogP contribution >= 0.6 is 23.1 Å². The van der Waals surface area contributed by atoms with Crippen molar-refractivity contribution in [3.63, 3.8) is 0 Å². The molecule has 0 saturated heterocycles. The number of aromatic nitrogens is 2. The molecule has 0 fully saturated rings. The molecule has 1 aromatic carbocycles. The molecule has 3 aromatic rings. The number of aliphatic carboxylic acids is 1. The second-order valence-electron chi connectivity index (χ2n) is 6.43. The fourth-order valence-corrected chi connectivity index (χ4v) is 5.43. The first-order valence-corrected chi connectivity index (χ1v) is 10.3. The summed E-state index contributed by atoms with van der Waals surface area (Å²) in [6, 6.07) is 7.61. The number of carboxylic acid groups (broad SMARTS) is 1. The van der Waals surface area contributed by atoms with Crippen molar-refractivity contribution in [2.45, 2.75) is 37.8 Å². The molecule has 0 saturated carbocycles. The minimum absolute atomic E-state index is 0.110. The molecule has 0 radical (unpaired) electrons. The maximum Gasteiger partial charge on any atom is 0.267 e. The molecular formula is C19H17N2O3S2-. The van der Waals surface area contributed by atoms with Gasteiger partial charge in [0, 0.05) is 10.6 Å². The van der Waals surface area contributed by atoms with Crippen molar-refractivity contribution in [1.82, 2.24) is 9.55 Å². The van der Waals surface area contributed by atoms with Crippen LogP contribution in [-0.2, 0) is 17.6 Å². The third-order valence-electron chi connectivity index (χ3n) is 4.54. The molecule has 0 atom stereocenters. The fourth-order valence-electron chi connectivity index (χ4n) is 3.40. The molecule has 2 heterocycles. The van der Waals surface area contributed by atoms with Crippen LogP contribution < -0.4 is 10.7 Å². The molecule has 4 rings (SSSR count). The standard InChI is InChI=1S/C19H18N2O3S2/c1-11-5-4-6-12(9-11)21-18(24)16-13-7-2-3-8-14(13)26-17(16)20-19(21)25-10-15(22)23/h4-6,9H,2-3,7-8,10H2,1H3,(H,22,23)/p-1. The van der Waals surface area contributed by atoms with E-state index in [-0.39, 0.29) is 11.3 Å². The summed E-state index contributed by atoms with van der Waals surface area (Å²) in [5.74, 6) is -1.42. The highest BCUT2D eigenvalue weighted by Gasteiger charge is 2.22. The van der Waals surface area contributed by atoms with E-state index in [0.29, 0.717) is 21.1 Å². The Morgan fingerprint density at radius 3 is 2.92 bits per heavy atom. The maximum atomic E-state index is 13.4. The molecule has 1 aliphatic carbocycles. The smallest absolute Gasteiger partial charge is 0.267 e. The molecule has 0 unspecified atom stereocenters. The quantitative estimate of drug-likeness (QED) is 0.509. The number of rotatable bonds is 4. The summed E-state index contributed by atoms with van der Waals surface area (Å²) in [5, 5.41) is 12.0. The van der Waals surface area contributed by atoms with Crippen molar-refractivity contribution in [2.75, 3.05) is 5.75 Å². The lowest BCUT2D eigenvalue weighted by Gasteiger charge is -2.14. The first-order chi connectivity index (χ1) is 12.5. The van der Waals surface area contributed by atoms with Gasteiger partial charge in [-0.2, -0.15) is 0 Å². The number of hydrogen-bond acceptors (Lipinski definition) is 6. The van der Waals surface area contributed by atoms with Crippen molar-refractivity contribution < 1.29 is 9.90 Å². The molecule has 134 valence electrons. The van der Waals surface area contributed by atoms with Gasteiger partial charge >= 0.3 is 0 Å². The van der Waals surface area contributed by atoms with Gasteiger partial charge in [0.1, 0.15) is 4.83 Å². The summed E-state index contributed by atoms with van der Waals surface area (Å²) in [6.07, 6.45) is 4.12. The van der Waals surface area contributed by atoms with Crippen molar-refractivity contribution in [1.29, 1.82) is 0 Å². The van der Waals surface area contributed by atoms with E-state index in [2.05, 4.69) is 4.98 Å². The van der Waals surface area contributed by atoms with E-state index in [1.54, 1.807) is 15.9 Å². The third kappa shape index (κ3) is 3.05. The summed E-state index contributed by atoms with van der Waals surface area (Å²) < 4.78 is 1.55. The molecule has 0 bridgehead atoms. The lowest BCUT2D eigenvalue weighted by molar-refractivity contribution is -0.301. The van der Waals surface area contributed by atoms with E-state index in [4.69, 9.17) is 0 Å². The van der Waals surface area contributed by atoms with Crippen LogP contribution in [0.3, 0.4) is 0 Å². The number of thiophene rings is 1. The molecule has 0 spiro atoms. The summed E-state index contributed by atoms with van der Waals surface area (Å²) in [7, 11) is 0. The minimum Gasteiger partial charge on any atom is -0.549 e. The number of aryl methyl sites for hydroxylation is 3. The van der Waals surface area contributed by atoms with E-state index in [1.165, 1.54) is 4.88 Å². The third-order valence-corrected chi connectivity index (χ3v) is 6.63. The number of carbonyl (C=O) groups is 1. The Morgan fingerprint density at radius 2 is 2.15 bits per heavy atom. The van der Waals surface area contributed by atoms with Gasteiger partial charge in [0.2, 0.25) is 0 Å². The predicted molar refractivity (Wildman–Crippen MR) is 102 cm³/mol. The molecule has 5 nitrogen and oxygen atoms in total. The maximum absolute atomic E-state index is 13.4. The van der Waals surface area contributed by atoms with E-state index in [1.807, 2.05) is 31.2 Å². The number of nitrogens with zero attached hydrogens (tertiary/aromatic N) is 2. The topological polar surface area (TPSA) is 75.0 Å². The molecule has 7 heteroatoms. The highest BCUT2D eigenvalue weighted by Crippen LogP contribution is 2.35. The summed E-state index contributed by atoms with van der Waals surface area (Å²) >= 11 is 2.60. The zero-order valence-corrected chi connectivity index (χ0v) is 15.9. The Kier molecular flexibility index (Phi) is 4.58. The summed E-state index contributed by atoms with van der Waals surface area (Å²) in [5.41, 5.74) is 2.76. The summed E-state index contributed by atoms with van der Waals surface area (Å²) in [4.78, 5) is 31.0. The van der Waals surface area contributed by atoms with Crippen LogP contribution in [0.25, 0.3) is 15.9 Å². The molecule has 1 aliphatic rings. The van der Waals surface area contributed by atoms with Crippen LogP contribution in [-0.4, -0.2) is 21.3 Å². The largest absolute Gasteiger partial charge is 0.549 e. The normalized spacial score (nSPS) is 13.7. The lowest BCUT2D eigenvalue weighted by Crippen LogP contribution is -2.26. The van der Waals surface area contributed by atoms with Gasteiger partial charge in [-0.25, -0.2) is 4.98 Å². The number of benzene rings is 1. The Hall–Kier alpha value is -2.12. The minimum atomic E-state index is -1.18. The fraction of sp³-hybridized carbons (Fsp3) is 0.316. The van der Waals surface area contributed by atoms with Crippen LogP contribution in [0, 0.1) is 6.92 Å². The average molecular weight is 385 g/mol. The Bertz CT molecular complexity index is 1070. The van der Waals surface area contributed by atoms with Crippen LogP contribution in [0.2, 0.25) is 0 Å². The SMILES string of the molecule is Cc1cccc(-n2c(SCC(=O)[O-])nc3sc4c(c3c2=O)CCCC4)c1. The van der Waals surface area contributed by atoms with E-state index in [9.17, 15) is 14.7 Å². The first-order valence-electron chi connectivity index (χ1n) is 8.51. The van der Waals surface area contributed by atoms with Crippen LogP contribution in [0.15, 0.2) is 34.2 Å². The molecule has 2 aromatic heterocycles. The lowest BCUT2D eigenvalue weighted by atomic mass is 9.97. The number of thioether (sulfide) groups is 1. The highest BCUT2D eigenvalue weighted by molar-refractivity contribution is 7.99. The second kappa shape index (κ2) is 6.89. The van der Waals surface area contributed by atoms with Gasteiger partial charge in [-0.05, 0) is 55.9 Å². The molecular weight excluding hydrogens is 368 g/mol. The van der Waals surface area contributed by atoms with Gasteiger partial charge in [-0.1, -0.05) is 23.9 Å². The molecule has 0 N–H and O–H groups in total. The van der Waals surface area contributed by atoms with Crippen LogP contribution in [0.4, 0.5) is 0 Å². The molecule has 0 amide bonds. The zero-order chi connectivity index (χ0) is 18.3. The van der Waals surface area contributed by atoms with Crippen molar-refractivity contribution in [2.24, 2.45) is 0 Å². The van der Waals surface area contributed by atoms with Gasteiger partial charge in [-0.15, -0.1) is 11.3 Å². The summed E-state index contributed by atoms with van der Waals surface area (Å²) in [6.45, 7) is 1.96. The van der Waals surface area contributed by atoms with Crippen molar-refractivity contribution >= 4 is 39.3 Å². The van der Waals surface area contributed by atoms with Gasteiger partial charge in [0.15, 0.2) is 5.16 Å². The average Bonchev–Trinajstić information content (AvgIpc) is 2.98. The molecule has 26 heavy (non-hydrogen) atoms. The predicted octanol–water partition coefficient (Wildman–Crippen LogP) is 2.48. The second-order valence-corrected chi connectivity index (χ2v) is 8.45. The van der Waals surface area contributed by atoms with Gasteiger partial charge in [-0.3, -0.25) is 9.36 Å². The highest BCUT2D eigenvalue weighted by atomic mass is 32.2. The molecule has 0 aliphatic heterocycles. The zero-order valence-electron chi connectivity index (χ0n) is 14.3. The number of carbonyl (C=O) groups excluding carboxylic acids is 1. The van der Waals surface area contributed by atoms with Gasteiger partial charge in [0.05, 0.1) is 17.0 Å². The van der Waals surface area contributed by atoms with Crippen LogP contribution in [0.5, 0.6) is 0 Å². The Balaban J connectivity index is 1.99. The number of carboxylic acids is 1. The Labute approximate surface area is 158 Å². The number of hydrogen-bond donors (Lipinski definition) is 0. The Morgan fingerprint density at radius 1 is 1.35 bits per heavy atom. The monoisotopic (exact) mass is 385 g/mol. The van der Waals surface area contributed by atoms with Gasteiger partial charge in [0.25, 0.3) is 5.56 Å². The first kappa shape index (κ1) is 17.3. The van der Waals surface area contributed by atoms with E-state index < -0.39 is 5.97 Å². The van der Waals surface area contributed by atoms with Crippen molar-refractivity contribution in [3.05, 3.63) is 50.6 Å². The number of fused-ring (bicyclic) bond motifs is 3. The van der Waals surface area contributed by atoms with Gasteiger partial charge < -0.3 is 9.90 Å². The van der Waals surface area contributed by atoms with E-state index >= 15 is 0 Å². The van der Waals surface area contributed by atoms with Crippen LogP contribution in [0.1, 0.15) is 28.8 Å². The van der Waals surface area contributed by atoms with Crippen molar-refractivity contribution in [3.8, 4) is 5.69 Å².